The van der Waals surface area contributed by atoms with Crippen LogP contribution in [0.4, 0.5) is 21.9 Å². The maximum absolute atomic E-state index is 15.5. The van der Waals surface area contributed by atoms with Gasteiger partial charge in [-0.3, -0.25) is 9.69 Å². The number of carbonyl (C=O) groups excluding carboxylic acids is 1. The predicted octanol–water partition coefficient (Wildman–Crippen LogP) is 4.63. The monoisotopic (exact) mass is 569 g/mol. The molecule has 4 heterocycles. The lowest BCUT2D eigenvalue weighted by Crippen LogP contribution is -2.52. The Morgan fingerprint density at radius 2 is 1.90 bits per heavy atom. The Morgan fingerprint density at radius 3 is 2.69 bits per heavy atom. The SMILES string of the molecule is Cc1cc(C)c2oc(Nc3ccc(-c4nn(C5CCC(N6CCNC(=O)C6)CC5)c5ncnc(N)c45)cc3F)nc2c1. The molecule has 1 saturated carbocycles. The maximum Gasteiger partial charge on any atom is 0.300 e. The highest BCUT2D eigenvalue weighted by molar-refractivity contribution is 5.98. The molecule has 216 valence electrons. The summed E-state index contributed by atoms with van der Waals surface area (Å²) in [6.07, 6.45) is 5.14. The molecule has 1 aliphatic carbocycles. The first-order valence-corrected chi connectivity index (χ1v) is 14.3. The molecule has 5 aromatic rings. The topological polar surface area (TPSA) is 140 Å². The number of nitrogens with zero attached hydrogens (tertiary/aromatic N) is 6. The fourth-order valence-electron chi connectivity index (χ4n) is 6.40. The number of aryl methyl sites for hydroxylation is 2. The lowest BCUT2D eigenvalue weighted by Gasteiger charge is -2.38. The van der Waals surface area contributed by atoms with Gasteiger partial charge in [-0.1, -0.05) is 12.1 Å². The third kappa shape index (κ3) is 4.71. The van der Waals surface area contributed by atoms with Gasteiger partial charge in [0.2, 0.25) is 5.91 Å². The molecule has 0 unspecified atom stereocenters. The molecule has 12 heteroatoms. The van der Waals surface area contributed by atoms with Crippen molar-refractivity contribution in [1.29, 1.82) is 0 Å². The molecule has 1 saturated heterocycles. The number of nitrogens with one attached hydrogen (secondary N) is 2. The first kappa shape index (κ1) is 26.3. The highest BCUT2D eigenvalue weighted by Crippen LogP contribution is 2.38. The van der Waals surface area contributed by atoms with E-state index < -0.39 is 5.82 Å². The zero-order chi connectivity index (χ0) is 29.0. The van der Waals surface area contributed by atoms with Crippen LogP contribution in [0.2, 0.25) is 0 Å². The van der Waals surface area contributed by atoms with Crippen molar-refractivity contribution in [3.05, 3.63) is 53.6 Å². The van der Waals surface area contributed by atoms with Crippen LogP contribution in [0.25, 0.3) is 33.4 Å². The first-order chi connectivity index (χ1) is 20.3. The van der Waals surface area contributed by atoms with Gasteiger partial charge in [0.15, 0.2) is 11.2 Å². The van der Waals surface area contributed by atoms with E-state index in [0.717, 1.165) is 48.9 Å². The average Bonchev–Trinajstić information content (AvgIpc) is 3.57. The molecule has 42 heavy (non-hydrogen) atoms. The van der Waals surface area contributed by atoms with Crippen LogP contribution in [0.5, 0.6) is 0 Å². The molecule has 7 rings (SSSR count). The van der Waals surface area contributed by atoms with Crippen LogP contribution in [0.3, 0.4) is 0 Å². The summed E-state index contributed by atoms with van der Waals surface area (Å²) in [5, 5.41) is 11.4. The van der Waals surface area contributed by atoms with Crippen molar-refractivity contribution in [3.63, 3.8) is 0 Å². The number of rotatable bonds is 5. The van der Waals surface area contributed by atoms with E-state index in [0.29, 0.717) is 52.8 Å². The number of piperazine rings is 1. The van der Waals surface area contributed by atoms with Crippen LogP contribution in [-0.4, -0.2) is 61.2 Å². The minimum atomic E-state index is -0.480. The van der Waals surface area contributed by atoms with Gasteiger partial charge in [0.05, 0.1) is 23.7 Å². The van der Waals surface area contributed by atoms with Crippen LogP contribution < -0.4 is 16.4 Å². The van der Waals surface area contributed by atoms with E-state index in [1.807, 2.05) is 30.7 Å². The van der Waals surface area contributed by atoms with Crippen molar-refractivity contribution in [2.75, 3.05) is 30.7 Å². The second-order valence-electron chi connectivity index (χ2n) is 11.3. The van der Waals surface area contributed by atoms with Gasteiger partial charge in [0.25, 0.3) is 6.01 Å². The van der Waals surface area contributed by atoms with Crippen molar-refractivity contribution < 1.29 is 13.6 Å². The Labute approximate surface area is 241 Å². The summed E-state index contributed by atoms with van der Waals surface area (Å²) in [6, 6.07) is 9.52. The third-order valence-corrected chi connectivity index (χ3v) is 8.42. The highest BCUT2D eigenvalue weighted by Gasteiger charge is 2.31. The molecule has 1 amide bonds. The number of nitrogens with two attached hydrogens (primary N) is 1. The van der Waals surface area contributed by atoms with Gasteiger partial charge >= 0.3 is 0 Å². The molecule has 0 radical (unpaired) electrons. The van der Waals surface area contributed by atoms with Crippen LogP contribution in [0, 0.1) is 19.7 Å². The zero-order valence-electron chi connectivity index (χ0n) is 23.5. The second-order valence-corrected chi connectivity index (χ2v) is 11.3. The number of aromatic nitrogens is 5. The summed E-state index contributed by atoms with van der Waals surface area (Å²) in [4.78, 5) is 27.4. The lowest BCUT2D eigenvalue weighted by atomic mass is 9.90. The first-order valence-electron chi connectivity index (χ1n) is 14.3. The number of carbonyl (C=O) groups is 1. The smallest absolute Gasteiger partial charge is 0.300 e. The summed E-state index contributed by atoms with van der Waals surface area (Å²) in [5.41, 5.74) is 11.7. The van der Waals surface area contributed by atoms with Crippen LogP contribution in [0.1, 0.15) is 42.9 Å². The second kappa shape index (κ2) is 10.4. The van der Waals surface area contributed by atoms with Crippen molar-refractivity contribution in [3.8, 4) is 11.3 Å². The molecule has 4 N–H and O–H groups in total. The molecule has 3 aromatic heterocycles. The Bertz CT molecular complexity index is 1820. The summed E-state index contributed by atoms with van der Waals surface area (Å²) < 4.78 is 23.3. The third-order valence-electron chi connectivity index (χ3n) is 8.42. The van der Waals surface area contributed by atoms with Crippen LogP contribution >= 0.6 is 0 Å². The van der Waals surface area contributed by atoms with Gasteiger partial charge < -0.3 is 20.8 Å². The highest BCUT2D eigenvalue weighted by atomic mass is 19.1. The fraction of sp³-hybridized carbons (Fsp3) is 0.367. The predicted molar refractivity (Wildman–Crippen MR) is 158 cm³/mol. The maximum atomic E-state index is 15.5. The molecule has 1 aliphatic heterocycles. The van der Waals surface area contributed by atoms with Gasteiger partial charge in [-0.05, 0) is 68.9 Å². The van der Waals surface area contributed by atoms with Crippen molar-refractivity contribution in [2.24, 2.45) is 0 Å². The molecule has 2 fully saturated rings. The van der Waals surface area contributed by atoms with Crippen molar-refractivity contribution in [2.45, 2.75) is 51.6 Å². The molecule has 11 nitrogen and oxygen atoms in total. The Balaban J connectivity index is 1.16. The van der Waals surface area contributed by atoms with E-state index in [2.05, 4.69) is 30.5 Å². The number of oxazole rings is 1. The standard InChI is InChI=1S/C30H32FN9O2/c1-16-11-17(2)27-23(12-16)37-30(42-27)36-22-8-3-18(13-21(22)31)26-25-28(32)34-15-35-29(25)40(38-26)20-6-4-19(5-7-20)39-10-9-33-24(41)14-39/h3,8,11-13,15,19-20H,4-7,9-10,14H2,1-2H3,(H,33,41)(H,36,37)(H2,32,34,35). The van der Waals surface area contributed by atoms with Crippen LogP contribution in [-0.2, 0) is 4.79 Å². The summed E-state index contributed by atoms with van der Waals surface area (Å²) in [6.45, 7) is 5.98. The van der Waals surface area contributed by atoms with E-state index in [1.165, 1.54) is 12.4 Å². The summed E-state index contributed by atoms with van der Waals surface area (Å²) in [5.74, 6) is -0.0911. The van der Waals surface area contributed by atoms with Gasteiger partial charge in [-0.25, -0.2) is 19.0 Å². The molecule has 2 aliphatic rings. The molecular formula is C30H32FN9O2. The number of nitrogen functional groups attached to an aromatic ring is 1. The molecular weight excluding hydrogens is 537 g/mol. The number of hydrogen-bond acceptors (Lipinski definition) is 9. The van der Waals surface area contributed by atoms with Gasteiger partial charge in [0.1, 0.15) is 29.2 Å². The normalized spacial score (nSPS) is 19.8. The fourth-order valence-corrected chi connectivity index (χ4v) is 6.40. The van der Waals surface area contributed by atoms with E-state index in [-0.39, 0.29) is 23.7 Å². The summed E-state index contributed by atoms with van der Waals surface area (Å²) >= 11 is 0. The lowest BCUT2D eigenvalue weighted by molar-refractivity contribution is -0.125. The Morgan fingerprint density at radius 1 is 1.10 bits per heavy atom. The van der Waals surface area contributed by atoms with Gasteiger partial charge in [-0.2, -0.15) is 10.1 Å². The molecule has 2 aromatic carbocycles. The quantitative estimate of drug-likeness (QED) is 0.276. The van der Waals surface area contributed by atoms with E-state index in [1.54, 1.807) is 12.1 Å². The number of benzene rings is 2. The van der Waals surface area contributed by atoms with E-state index >= 15 is 4.39 Å². The van der Waals surface area contributed by atoms with Gasteiger partial charge in [0, 0.05) is 24.7 Å². The molecule has 0 atom stereocenters. The average molecular weight is 570 g/mol. The van der Waals surface area contributed by atoms with Crippen LogP contribution in [0.15, 0.2) is 41.1 Å². The van der Waals surface area contributed by atoms with E-state index in [4.69, 9.17) is 15.2 Å². The minimum absolute atomic E-state index is 0.0887. The van der Waals surface area contributed by atoms with E-state index in [9.17, 15) is 4.79 Å². The van der Waals surface area contributed by atoms with Gasteiger partial charge in [-0.15, -0.1) is 0 Å². The molecule has 0 bridgehead atoms. The number of amides is 1. The number of fused-ring (bicyclic) bond motifs is 2. The van der Waals surface area contributed by atoms with Crippen molar-refractivity contribution >= 4 is 45.6 Å². The minimum Gasteiger partial charge on any atom is -0.423 e. The Hall–Kier alpha value is -4.58. The zero-order valence-corrected chi connectivity index (χ0v) is 23.5. The number of anilines is 3. The van der Waals surface area contributed by atoms with Crippen molar-refractivity contribution in [1.82, 2.24) is 34.9 Å². The number of halogens is 1. The molecule has 0 spiro atoms. The largest absolute Gasteiger partial charge is 0.423 e. The summed E-state index contributed by atoms with van der Waals surface area (Å²) in [7, 11) is 0. The number of hydrogen-bond donors (Lipinski definition) is 3. The Kier molecular flexibility index (Phi) is 6.49.